The number of carbonyl (C=O) groups is 2. The monoisotopic (exact) mass is 456 g/mol. The lowest BCUT2D eigenvalue weighted by Crippen LogP contribution is -2.68. The van der Waals surface area contributed by atoms with Gasteiger partial charge in [-0.15, -0.1) is 11.3 Å². The Morgan fingerprint density at radius 3 is 2.57 bits per heavy atom. The standard InChI is InChI=1S/C21H20ClF3N2O2S/c22-15-10-16(13-3-1-4-14(9-13)20(6-7-20)21(23,24)25)30-17(15)18(29)27-11-19(26,12-27)5-2-8-28/h1,3-4,8-10H,2,5-7,11-12,26H2. The zero-order chi connectivity index (χ0) is 21.7. The number of alkyl halides is 3. The van der Waals surface area contributed by atoms with E-state index >= 15 is 0 Å². The van der Waals surface area contributed by atoms with E-state index < -0.39 is 17.1 Å². The van der Waals surface area contributed by atoms with E-state index in [4.69, 9.17) is 17.3 Å². The van der Waals surface area contributed by atoms with Crippen LogP contribution in [0.5, 0.6) is 0 Å². The number of carbonyl (C=O) groups excluding carboxylic acids is 2. The van der Waals surface area contributed by atoms with Crippen LogP contribution >= 0.6 is 22.9 Å². The van der Waals surface area contributed by atoms with Crippen LogP contribution in [0.2, 0.25) is 5.02 Å². The van der Waals surface area contributed by atoms with Crippen LogP contribution in [0.25, 0.3) is 10.4 Å². The van der Waals surface area contributed by atoms with Crippen molar-refractivity contribution in [1.29, 1.82) is 0 Å². The summed E-state index contributed by atoms with van der Waals surface area (Å²) in [7, 11) is 0. The molecule has 0 radical (unpaired) electrons. The van der Waals surface area contributed by atoms with Gasteiger partial charge in [-0.3, -0.25) is 4.79 Å². The number of nitrogens with two attached hydrogens (primary N) is 1. The maximum Gasteiger partial charge on any atom is 0.398 e. The molecular weight excluding hydrogens is 437 g/mol. The van der Waals surface area contributed by atoms with E-state index in [-0.39, 0.29) is 29.3 Å². The highest BCUT2D eigenvalue weighted by molar-refractivity contribution is 7.18. The van der Waals surface area contributed by atoms with Gasteiger partial charge >= 0.3 is 6.18 Å². The largest absolute Gasteiger partial charge is 0.398 e. The predicted octanol–water partition coefficient (Wildman–Crippen LogP) is 4.79. The van der Waals surface area contributed by atoms with Crippen molar-refractivity contribution in [3.63, 3.8) is 0 Å². The molecule has 9 heteroatoms. The molecule has 1 aromatic carbocycles. The van der Waals surface area contributed by atoms with Crippen molar-refractivity contribution in [3.8, 4) is 10.4 Å². The minimum atomic E-state index is -4.28. The maximum absolute atomic E-state index is 13.5. The van der Waals surface area contributed by atoms with E-state index in [9.17, 15) is 22.8 Å². The fraction of sp³-hybridized carbons (Fsp3) is 0.429. The van der Waals surface area contributed by atoms with Crippen LogP contribution in [-0.2, 0) is 10.2 Å². The highest BCUT2D eigenvalue weighted by Gasteiger charge is 2.64. The van der Waals surface area contributed by atoms with Crippen molar-refractivity contribution in [2.45, 2.75) is 42.8 Å². The molecule has 160 valence electrons. The van der Waals surface area contributed by atoms with Gasteiger partial charge in [-0.2, -0.15) is 13.2 Å². The SMILES string of the molecule is NC1(CCC=O)CN(C(=O)c2sc(-c3cccc(C4(C(F)(F)F)CC4)c3)cc2Cl)C1. The number of benzene rings is 1. The van der Waals surface area contributed by atoms with Crippen LogP contribution in [0, 0.1) is 0 Å². The summed E-state index contributed by atoms with van der Waals surface area (Å²) in [5.41, 5.74) is 4.69. The van der Waals surface area contributed by atoms with Gasteiger partial charge in [-0.05, 0) is 42.5 Å². The topological polar surface area (TPSA) is 63.4 Å². The lowest BCUT2D eigenvalue weighted by atomic mass is 9.86. The molecular formula is C21H20ClF3N2O2S. The average molecular weight is 457 g/mol. The third-order valence-corrected chi connectivity index (χ3v) is 7.51. The number of nitrogens with zero attached hydrogens (tertiary/aromatic N) is 1. The Morgan fingerprint density at radius 1 is 1.27 bits per heavy atom. The van der Waals surface area contributed by atoms with Crippen molar-refractivity contribution < 1.29 is 22.8 Å². The van der Waals surface area contributed by atoms with Crippen LogP contribution in [-0.4, -0.2) is 41.9 Å². The molecule has 0 bridgehead atoms. The molecule has 0 atom stereocenters. The number of likely N-dealkylation sites (tertiary alicyclic amines) is 1. The zero-order valence-electron chi connectivity index (χ0n) is 16.0. The molecule has 2 aliphatic rings. The highest BCUT2D eigenvalue weighted by atomic mass is 35.5. The smallest absolute Gasteiger partial charge is 0.334 e. The summed E-state index contributed by atoms with van der Waals surface area (Å²) in [4.78, 5) is 25.9. The number of thiophene rings is 1. The van der Waals surface area contributed by atoms with Crippen LogP contribution in [0.3, 0.4) is 0 Å². The van der Waals surface area contributed by atoms with Gasteiger partial charge in [0, 0.05) is 24.4 Å². The molecule has 2 aromatic rings. The van der Waals surface area contributed by atoms with Crippen molar-refractivity contribution in [1.82, 2.24) is 4.90 Å². The average Bonchev–Trinajstić information content (AvgIpc) is 3.41. The molecule has 2 N–H and O–H groups in total. The number of amides is 1. The summed E-state index contributed by atoms with van der Waals surface area (Å²) < 4.78 is 40.4. The first-order chi connectivity index (χ1) is 14.1. The molecule has 0 spiro atoms. The maximum atomic E-state index is 13.5. The number of hydrogen-bond donors (Lipinski definition) is 1. The van der Waals surface area contributed by atoms with E-state index in [2.05, 4.69) is 0 Å². The molecule has 1 amide bonds. The van der Waals surface area contributed by atoms with Gasteiger partial charge in [0.1, 0.15) is 11.2 Å². The Bertz CT molecular complexity index is 994. The molecule has 1 saturated heterocycles. The molecule has 4 rings (SSSR count). The van der Waals surface area contributed by atoms with Gasteiger partial charge in [0.05, 0.1) is 16.0 Å². The predicted molar refractivity (Wildman–Crippen MR) is 110 cm³/mol. The number of aldehydes is 1. The summed E-state index contributed by atoms with van der Waals surface area (Å²) in [6.45, 7) is 0.680. The zero-order valence-corrected chi connectivity index (χ0v) is 17.5. The van der Waals surface area contributed by atoms with Crippen LogP contribution < -0.4 is 5.73 Å². The van der Waals surface area contributed by atoms with Crippen molar-refractivity contribution >= 4 is 35.1 Å². The van der Waals surface area contributed by atoms with Crippen LogP contribution in [0.1, 0.15) is 40.9 Å². The Hall–Kier alpha value is -1.90. The first-order valence-corrected chi connectivity index (χ1v) is 10.8. The summed E-state index contributed by atoms with van der Waals surface area (Å²) in [6.07, 6.45) is -2.44. The molecule has 1 saturated carbocycles. The third-order valence-electron chi connectivity index (χ3n) is 5.93. The molecule has 1 aliphatic carbocycles. The molecule has 2 heterocycles. The van der Waals surface area contributed by atoms with Crippen LogP contribution in [0.4, 0.5) is 13.2 Å². The van der Waals surface area contributed by atoms with Gasteiger partial charge in [-0.25, -0.2) is 0 Å². The first kappa shape index (κ1) is 21.3. The number of halogens is 4. The second kappa shape index (κ2) is 7.35. The van der Waals surface area contributed by atoms with E-state index in [1.165, 1.54) is 6.07 Å². The lowest BCUT2D eigenvalue weighted by Gasteiger charge is -2.47. The second-order valence-electron chi connectivity index (χ2n) is 8.18. The molecule has 1 aromatic heterocycles. The minimum absolute atomic E-state index is 0.0921. The first-order valence-electron chi connectivity index (χ1n) is 9.57. The third kappa shape index (κ3) is 3.65. The number of hydrogen-bond acceptors (Lipinski definition) is 4. The van der Waals surface area contributed by atoms with E-state index in [0.717, 1.165) is 17.6 Å². The Balaban J connectivity index is 1.54. The minimum Gasteiger partial charge on any atom is -0.334 e. The summed E-state index contributed by atoms with van der Waals surface area (Å²) >= 11 is 7.45. The summed E-state index contributed by atoms with van der Waals surface area (Å²) in [5, 5.41) is 0.268. The van der Waals surface area contributed by atoms with E-state index in [0.29, 0.717) is 41.2 Å². The van der Waals surface area contributed by atoms with Gasteiger partial charge in [-0.1, -0.05) is 29.8 Å². The fourth-order valence-corrected chi connectivity index (χ4v) is 5.38. The van der Waals surface area contributed by atoms with Gasteiger partial charge in [0.15, 0.2) is 0 Å². The Morgan fingerprint density at radius 2 is 1.97 bits per heavy atom. The molecule has 1 aliphatic heterocycles. The van der Waals surface area contributed by atoms with Gasteiger partial charge in [0.25, 0.3) is 5.91 Å². The van der Waals surface area contributed by atoms with Crippen LogP contribution in [0.15, 0.2) is 30.3 Å². The summed E-state index contributed by atoms with van der Waals surface area (Å²) in [6, 6.07) is 8.00. The second-order valence-corrected chi connectivity index (χ2v) is 9.64. The van der Waals surface area contributed by atoms with Crippen molar-refractivity contribution in [3.05, 3.63) is 45.8 Å². The lowest BCUT2D eigenvalue weighted by molar-refractivity contribution is -0.160. The molecule has 0 unspecified atom stereocenters. The Labute approximate surface area is 180 Å². The van der Waals surface area contributed by atoms with E-state index in [1.807, 2.05) is 0 Å². The van der Waals surface area contributed by atoms with Crippen molar-refractivity contribution in [2.75, 3.05) is 13.1 Å². The molecule has 30 heavy (non-hydrogen) atoms. The quantitative estimate of drug-likeness (QED) is 0.635. The molecule has 4 nitrogen and oxygen atoms in total. The number of rotatable bonds is 6. The fourth-order valence-electron chi connectivity index (χ4n) is 3.99. The molecule has 2 fully saturated rings. The van der Waals surface area contributed by atoms with Crippen molar-refractivity contribution in [2.24, 2.45) is 5.73 Å². The highest BCUT2D eigenvalue weighted by Crippen LogP contribution is 2.59. The van der Waals surface area contributed by atoms with E-state index in [1.54, 1.807) is 29.2 Å². The Kier molecular flexibility index (Phi) is 5.23. The normalized spacial score (nSPS) is 19.3. The van der Waals surface area contributed by atoms with Gasteiger partial charge in [0.2, 0.25) is 0 Å². The summed E-state index contributed by atoms with van der Waals surface area (Å²) in [5.74, 6) is -0.256. The van der Waals surface area contributed by atoms with Gasteiger partial charge < -0.3 is 15.4 Å².